The summed E-state index contributed by atoms with van der Waals surface area (Å²) in [5.41, 5.74) is 0.582. The average molecular weight is 322 g/mol. The van der Waals surface area contributed by atoms with Crippen molar-refractivity contribution in [3.05, 3.63) is 29.8 Å². The first-order chi connectivity index (χ1) is 11.3. The minimum Gasteiger partial charge on any atom is -0.497 e. The second-order valence-electron chi connectivity index (χ2n) is 5.42. The lowest BCUT2D eigenvalue weighted by atomic mass is 10.1. The second kappa shape index (κ2) is 10.2. The summed E-state index contributed by atoms with van der Waals surface area (Å²) in [5.74, 6) is 0.544. The average Bonchev–Trinajstić information content (AvgIpc) is 2.61. The number of hydrogen-bond donors (Lipinski definition) is 2. The van der Waals surface area contributed by atoms with Crippen molar-refractivity contribution in [3.63, 3.8) is 0 Å². The molecular formula is C17H26N2O4. The van der Waals surface area contributed by atoms with Crippen LogP contribution in [0.3, 0.4) is 0 Å². The van der Waals surface area contributed by atoms with E-state index >= 15 is 0 Å². The molecule has 0 aromatic heterocycles. The summed E-state index contributed by atoms with van der Waals surface area (Å²) in [6.45, 7) is 4.17. The minimum atomic E-state index is -0.126. The van der Waals surface area contributed by atoms with Crippen LogP contribution in [0.2, 0.25) is 0 Å². The van der Waals surface area contributed by atoms with E-state index in [-0.39, 0.29) is 5.91 Å². The van der Waals surface area contributed by atoms with Crippen LogP contribution in [0.25, 0.3) is 0 Å². The summed E-state index contributed by atoms with van der Waals surface area (Å²) < 4.78 is 16.3. The van der Waals surface area contributed by atoms with Gasteiger partial charge in [0.15, 0.2) is 0 Å². The molecule has 128 valence electrons. The Morgan fingerprint density at radius 3 is 2.87 bits per heavy atom. The molecule has 0 bridgehead atoms. The van der Waals surface area contributed by atoms with E-state index in [1.54, 1.807) is 25.3 Å². The van der Waals surface area contributed by atoms with E-state index in [1.165, 1.54) is 0 Å². The SMILES string of the molecule is COc1cccc(C(=O)NCCOCCOC2CCNCC2)c1. The molecule has 23 heavy (non-hydrogen) atoms. The highest BCUT2D eigenvalue weighted by Crippen LogP contribution is 2.12. The molecule has 0 atom stereocenters. The zero-order chi connectivity index (χ0) is 16.3. The van der Waals surface area contributed by atoms with Crippen LogP contribution in [0.15, 0.2) is 24.3 Å². The van der Waals surface area contributed by atoms with Gasteiger partial charge in [-0.3, -0.25) is 4.79 Å². The summed E-state index contributed by atoms with van der Waals surface area (Å²) in [4.78, 5) is 12.0. The quantitative estimate of drug-likeness (QED) is 0.669. The van der Waals surface area contributed by atoms with Gasteiger partial charge in [0, 0.05) is 12.1 Å². The van der Waals surface area contributed by atoms with Crippen molar-refractivity contribution in [2.24, 2.45) is 0 Å². The van der Waals surface area contributed by atoms with Crippen molar-refractivity contribution in [3.8, 4) is 5.75 Å². The second-order valence-corrected chi connectivity index (χ2v) is 5.42. The van der Waals surface area contributed by atoms with Gasteiger partial charge in [0.05, 0.1) is 33.0 Å². The fourth-order valence-corrected chi connectivity index (χ4v) is 2.44. The van der Waals surface area contributed by atoms with Crippen LogP contribution in [0.4, 0.5) is 0 Å². The molecule has 2 N–H and O–H groups in total. The lowest BCUT2D eigenvalue weighted by Gasteiger charge is -2.22. The number of nitrogens with one attached hydrogen (secondary N) is 2. The number of carbonyl (C=O) groups is 1. The van der Waals surface area contributed by atoms with Crippen LogP contribution in [0.5, 0.6) is 5.75 Å². The molecule has 1 heterocycles. The number of benzene rings is 1. The molecular weight excluding hydrogens is 296 g/mol. The maximum absolute atomic E-state index is 12.0. The van der Waals surface area contributed by atoms with Gasteiger partial charge in [-0.1, -0.05) is 6.07 Å². The van der Waals surface area contributed by atoms with Gasteiger partial charge < -0.3 is 24.8 Å². The van der Waals surface area contributed by atoms with Crippen molar-refractivity contribution in [1.29, 1.82) is 0 Å². The van der Waals surface area contributed by atoms with Gasteiger partial charge in [-0.25, -0.2) is 0 Å². The van der Waals surface area contributed by atoms with Gasteiger partial charge in [-0.05, 0) is 44.1 Å². The Bertz CT molecular complexity index is 475. The van der Waals surface area contributed by atoms with Crippen molar-refractivity contribution in [1.82, 2.24) is 10.6 Å². The molecule has 0 aliphatic carbocycles. The van der Waals surface area contributed by atoms with Crippen molar-refractivity contribution >= 4 is 5.91 Å². The Morgan fingerprint density at radius 2 is 2.09 bits per heavy atom. The van der Waals surface area contributed by atoms with Gasteiger partial charge in [-0.15, -0.1) is 0 Å². The zero-order valence-electron chi connectivity index (χ0n) is 13.7. The third kappa shape index (κ3) is 6.56. The van der Waals surface area contributed by atoms with Crippen LogP contribution < -0.4 is 15.4 Å². The van der Waals surface area contributed by atoms with Crippen molar-refractivity contribution in [2.45, 2.75) is 18.9 Å². The lowest BCUT2D eigenvalue weighted by molar-refractivity contribution is -0.00642. The monoisotopic (exact) mass is 322 g/mol. The maximum atomic E-state index is 12.0. The smallest absolute Gasteiger partial charge is 0.251 e. The molecule has 1 aliphatic rings. The zero-order valence-corrected chi connectivity index (χ0v) is 13.7. The molecule has 6 nitrogen and oxygen atoms in total. The first-order valence-electron chi connectivity index (χ1n) is 8.12. The molecule has 1 aromatic rings. The standard InChI is InChI=1S/C17H26N2O4/c1-21-16-4-2-3-14(13-16)17(20)19-9-10-22-11-12-23-15-5-7-18-8-6-15/h2-4,13,15,18H,5-12H2,1H3,(H,19,20). The highest BCUT2D eigenvalue weighted by Gasteiger charge is 2.12. The number of methoxy groups -OCH3 is 1. The number of amides is 1. The molecule has 1 amide bonds. The molecule has 0 radical (unpaired) electrons. The molecule has 1 aliphatic heterocycles. The summed E-state index contributed by atoms with van der Waals surface area (Å²) in [6, 6.07) is 7.07. The third-order valence-corrected chi connectivity index (χ3v) is 3.73. The topological polar surface area (TPSA) is 68.8 Å². The van der Waals surface area contributed by atoms with Crippen molar-refractivity contribution in [2.75, 3.05) is 46.6 Å². The fraction of sp³-hybridized carbons (Fsp3) is 0.588. The largest absolute Gasteiger partial charge is 0.497 e. The number of hydrogen-bond acceptors (Lipinski definition) is 5. The Kier molecular flexibility index (Phi) is 7.86. The van der Waals surface area contributed by atoms with Crippen LogP contribution in [-0.4, -0.2) is 58.6 Å². The Labute approximate surface area is 137 Å². The maximum Gasteiger partial charge on any atom is 0.251 e. The van der Waals surface area contributed by atoms with Gasteiger partial charge >= 0.3 is 0 Å². The van der Waals surface area contributed by atoms with Gasteiger partial charge in [-0.2, -0.15) is 0 Å². The molecule has 1 fully saturated rings. The first-order valence-corrected chi connectivity index (χ1v) is 8.12. The summed E-state index contributed by atoms with van der Waals surface area (Å²) >= 11 is 0. The third-order valence-electron chi connectivity index (χ3n) is 3.73. The normalized spacial score (nSPS) is 15.3. The number of carbonyl (C=O) groups excluding carboxylic acids is 1. The van der Waals surface area contributed by atoms with E-state index < -0.39 is 0 Å². The summed E-state index contributed by atoms with van der Waals surface area (Å²) in [7, 11) is 1.58. The molecule has 0 unspecified atom stereocenters. The van der Waals surface area contributed by atoms with E-state index in [4.69, 9.17) is 14.2 Å². The van der Waals surface area contributed by atoms with Crippen LogP contribution in [0, 0.1) is 0 Å². The molecule has 0 spiro atoms. The number of rotatable bonds is 9. The van der Waals surface area contributed by atoms with E-state index in [2.05, 4.69) is 10.6 Å². The molecule has 2 rings (SSSR count). The van der Waals surface area contributed by atoms with Crippen molar-refractivity contribution < 1.29 is 19.0 Å². The van der Waals surface area contributed by atoms with Crippen LogP contribution in [-0.2, 0) is 9.47 Å². The Hall–Kier alpha value is -1.63. The molecule has 1 aromatic carbocycles. The molecule has 1 saturated heterocycles. The van der Waals surface area contributed by atoms with E-state index in [1.807, 2.05) is 6.07 Å². The molecule has 6 heteroatoms. The van der Waals surface area contributed by atoms with E-state index in [0.29, 0.717) is 43.8 Å². The van der Waals surface area contributed by atoms with Gasteiger partial charge in [0.25, 0.3) is 5.91 Å². The Balaban J connectivity index is 1.52. The summed E-state index contributed by atoms with van der Waals surface area (Å²) in [5, 5.41) is 6.13. The Morgan fingerprint density at radius 1 is 1.26 bits per heavy atom. The fourth-order valence-electron chi connectivity index (χ4n) is 2.44. The van der Waals surface area contributed by atoms with Crippen LogP contribution in [0.1, 0.15) is 23.2 Å². The first kappa shape index (κ1) is 17.7. The summed E-state index contributed by atoms with van der Waals surface area (Å²) in [6.07, 6.45) is 2.49. The highest BCUT2D eigenvalue weighted by atomic mass is 16.5. The highest BCUT2D eigenvalue weighted by molar-refractivity contribution is 5.94. The van der Waals surface area contributed by atoms with Gasteiger partial charge in [0.1, 0.15) is 5.75 Å². The predicted octanol–water partition coefficient (Wildman–Crippen LogP) is 1.21. The van der Waals surface area contributed by atoms with Crippen LogP contribution >= 0.6 is 0 Å². The predicted molar refractivity (Wildman–Crippen MR) is 88.0 cm³/mol. The van der Waals surface area contributed by atoms with E-state index in [0.717, 1.165) is 25.9 Å². The molecule has 0 saturated carbocycles. The number of ether oxygens (including phenoxy) is 3. The lowest BCUT2D eigenvalue weighted by Crippen LogP contribution is -2.33. The van der Waals surface area contributed by atoms with E-state index in [9.17, 15) is 4.79 Å². The van der Waals surface area contributed by atoms with Gasteiger partial charge in [0.2, 0.25) is 0 Å². The minimum absolute atomic E-state index is 0.126. The number of piperidine rings is 1.